The van der Waals surface area contributed by atoms with Crippen LogP contribution < -0.4 is 10.6 Å². The molecule has 1 atom stereocenters. The molecule has 0 aliphatic carbocycles. The Morgan fingerprint density at radius 2 is 2.28 bits per heavy atom. The van der Waals surface area contributed by atoms with Crippen LogP contribution in [0.4, 0.5) is 10.6 Å². The highest BCUT2D eigenvalue weighted by atomic mass is 32.2. The minimum Gasteiger partial charge on any atom is -0.345 e. The van der Waals surface area contributed by atoms with Gasteiger partial charge in [-0.25, -0.2) is 23.2 Å². The SMILES string of the molecule is CC(C)CS(=O)(=O)N1CC[C@H](NC(=O)Nc2cnc3[nH]ccc3n2)C1. The van der Waals surface area contributed by atoms with Crippen molar-refractivity contribution in [1.82, 2.24) is 24.6 Å². The van der Waals surface area contributed by atoms with Crippen LogP contribution in [0.15, 0.2) is 18.5 Å². The highest BCUT2D eigenvalue weighted by molar-refractivity contribution is 7.89. The molecule has 0 bridgehead atoms. The van der Waals surface area contributed by atoms with Crippen molar-refractivity contribution in [2.75, 3.05) is 24.2 Å². The van der Waals surface area contributed by atoms with Crippen LogP contribution in [0, 0.1) is 5.92 Å². The van der Waals surface area contributed by atoms with Crippen molar-refractivity contribution in [1.29, 1.82) is 0 Å². The van der Waals surface area contributed by atoms with E-state index in [1.165, 1.54) is 10.5 Å². The van der Waals surface area contributed by atoms with Crippen LogP contribution in [0.5, 0.6) is 0 Å². The summed E-state index contributed by atoms with van der Waals surface area (Å²) in [6.45, 7) is 4.47. The number of rotatable bonds is 5. The Morgan fingerprint density at radius 3 is 3.04 bits per heavy atom. The van der Waals surface area contributed by atoms with E-state index >= 15 is 0 Å². The van der Waals surface area contributed by atoms with E-state index < -0.39 is 16.1 Å². The number of H-pyrrole nitrogens is 1. The lowest BCUT2D eigenvalue weighted by Crippen LogP contribution is -2.41. The third kappa shape index (κ3) is 4.26. The van der Waals surface area contributed by atoms with E-state index in [0.29, 0.717) is 36.5 Å². The number of hydrogen-bond donors (Lipinski definition) is 3. The first-order valence-electron chi connectivity index (χ1n) is 8.19. The second-order valence-corrected chi connectivity index (χ2v) is 8.59. The van der Waals surface area contributed by atoms with Gasteiger partial charge in [-0.2, -0.15) is 4.31 Å². The maximum absolute atomic E-state index is 12.2. The van der Waals surface area contributed by atoms with Crippen LogP contribution in [0.1, 0.15) is 20.3 Å². The molecule has 2 aromatic heterocycles. The number of hydrogen-bond acceptors (Lipinski definition) is 5. The molecule has 0 unspecified atom stereocenters. The zero-order valence-corrected chi connectivity index (χ0v) is 15.0. The van der Waals surface area contributed by atoms with Gasteiger partial charge in [-0.1, -0.05) is 13.8 Å². The fourth-order valence-corrected chi connectivity index (χ4v) is 4.70. The van der Waals surface area contributed by atoms with Crippen molar-refractivity contribution < 1.29 is 13.2 Å². The molecule has 1 fully saturated rings. The maximum Gasteiger partial charge on any atom is 0.320 e. The van der Waals surface area contributed by atoms with Gasteiger partial charge in [-0.05, 0) is 18.4 Å². The van der Waals surface area contributed by atoms with Gasteiger partial charge in [-0.3, -0.25) is 5.32 Å². The summed E-state index contributed by atoms with van der Waals surface area (Å²) in [5, 5.41) is 5.42. The largest absolute Gasteiger partial charge is 0.345 e. The first-order valence-corrected chi connectivity index (χ1v) is 9.80. The van der Waals surface area contributed by atoms with Crippen LogP contribution in [-0.2, 0) is 10.0 Å². The maximum atomic E-state index is 12.2. The van der Waals surface area contributed by atoms with E-state index in [2.05, 4.69) is 25.6 Å². The van der Waals surface area contributed by atoms with Gasteiger partial charge < -0.3 is 10.3 Å². The van der Waals surface area contributed by atoms with E-state index in [4.69, 9.17) is 0 Å². The molecule has 9 nitrogen and oxygen atoms in total. The Bertz CT molecular complexity index is 863. The predicted molar refractivity (Wildman–Crippen MR) is 94.6 cm³/mol. The molecule has 0 spiro atoms. The summed E-state index contributed by atoms with van der Waals surface area (Å²) < 4.78 is 25.9. The standard InChI is InChI=1S/C15H22N6O3S/c1-10(2)9-25(23,24)21-6-4-11(8-21)18-15(22)20-13-7-17-14-12(19-13)3-5-16-14/h3,5,7,10-11H,4,6,8-9H2,1-2H3,(H,16,17)(H2,18,19,20,22)/t11-/m0/s1. The molecule has 10 heteroatoms. The van der Waals surface area contributed by atoms with Gasteiger partial charge in [0.25, 0.3) is 0 Å². The fourth-order valence-electron chi connectivity index (χ4n) is 2.85. The fraction of sp³-hybridized carbons (Fsp3) is 0.533. The van der Waals surface area contributed by atoms with Crippen LogP contribution in [0.2, 0.25) is 0 Å². The molecular weight excluding hydrogens is 344 g/mol. The number of anilines is 1. The van der Waals surface area contributed by atoms with Crippen LogP contribution in [0.3, 0.4) is 0 Å². The third-order valence-electron chi connectivity index (χ3n) is 3.93. The Labute approximate surface area is 146 Å². The van der Waals surface area contributed by atoms with E-state index in [9.17, 15) is 13.2 Å². The highest BCUT2D eigenvalue weighted by Gasteiger charge is 2.32. The number of urea groups is 1. The lowest BCUT2D eigenvalue weighted by atomic mass is 10.3. The lowest BCUT2D eigenvalue weighted by molar-refractivity contribution is 0.248. The minimum absolute atomic E-state index is 0.0715. The van der Waals surface area contributed by atoms with Crippen molar-refractivity contribution in [3.63, 3.8) is 0 Å². The quantitative estimate of drug-likeness (QED) is 0.733. The molecule has 0 aromatic carbocycles. The van der Waals surface area contributed by atoms with E-state index in [1.807, 2.05) is 13.8 Å². The Morgan fingerprint density at radius 1 is 1.48 bits per heavy atom. The number of sulfonamides is 1. The van der Waals surface area contributed by atoms with Gasteiger partial charge in [0.2, 0.25) is 10.0 Å². The Balaban J connectivity index is 1.55. The van der Waals surface area contributed by atoms with Gasteiger partial charge in [0.15, 0.2) is 11.5 Å². The molecule has 0 radical (unpaired) electrons. The number of nitrogens with one attached hydrogen (secondary N) is 3. The first-order chi connectivity index (χ1) is 11.8. The summed E-state index contributed by atoms with van der Waals surface area (Å²) in [5.74, 6) is 0.534. The van der Waals surface area contributed by atoms with Crippen molar-refractivity contribution in [3.05, 3.63) is 18.5 Å². The molecule has 3 N–H and O–H groups in total. The molecule has 136 valence electrons. The molecule has 3 heterocycles. The summed E-state index contributed by atoms with van der Waals surface area (Å²) in [6, 6.07) is 1.13. The summed E-state index contributed by atoms with van der Waals surface area (Å²) >= 11 is 0. The summed E-state index contributed by atoms with van der Waals surface area (Å²) in [4.78, 5) is 23.5. The summed E-state index contributed by atoms with van der Waals surface area (Å²) in [6.07, 6.45) is 3.78. The molecule has 3 rings (SSSR count). The predicted octanol–water partition coefficient (Wildman–Crippen LogP) is 1.14. The zero-order valence-electron chi connectivity index (χ0n) is 14.2. The minimum atomic E-state index is -3.27. The van der Waals surface area contributed by atoms with E-state index in [0.717, 1.165) is 0 Å². The molecule has 2 amide bonds. The number of carbonyl (C=O) groups is 1. The summed E-state index contributed by atoms with van der Waals surface area (Å²) in [5.41, 5.74) is 1.30. The second-order valence-electron chi connectivity index (χ2n) is 6.58. The molecule has 1 aliphatic rings. The number of carbonyl (C=O) groups excluding carboxylic acids is 1. The highest BCUT2D eigenvalue weighted by Crippen LogP contribution is 2.16. The van der Waals surface area contributed by atoms with Gasteiger partial charge in [-0.15, -0.1) is 0 Å². The van der Waals surface area contributed by atoms with Crippen molar-refractivity contribution in [3.8, 4) is 0 Å². The Hall–Kier alpha value is -2.20. The third-order valence-corrected chi connectivity index (χ3v) is 6.13. The van der Waals surface area contributed by atoms with Gasteiger partial charge in [0.05, 0.1) is 11.9 Å². The number of amides is 2. The molecule has 2 aromatic rings. The Kier molecular flexibility index (Phi) is 4.91. The lowest BCUT2D eigenvalue weighted by Gasteiger charge is -2.18. The topological polar surface area (TPSA) is 120 Å². The molecule has 1 aliphatic heterocycles. The second kappa shape index (κ2) is 6.96. The van der Waals surface area contributed by atoms with E-state index in [1.54, 1.807) is 12.3 Å². The number of aromatic nitrogens is 3. The molecular formula is C15H22N6O3S. The van der Waals surface area contributed by atoms with Gasteiger partial charge >= 0.3 is 6.03 Å². The molecule has 25 heavy (non-hydrogen) atoms. The van der Waals surface area contributed by atoms with Crippen molar-refractivity contribution in [2.45, 2.75) is 26.3 Å². The van der Waals surface area contributed by atoms with Gasteiger partial charge in [0.1, 0.15) is 5.52 Å². The van der Waals surface area contributed by atoms with E-state index in [-0.39, 0.29) is 17.7 Å². The van der Waals surface area contributed by atoms with Crippen LogP contribution in [0.25, 0.3) is 11.2 Å². The number of fused-ring (bicyclic) bond motifs is 1. The summed E-state index contributed by atoms with van der Waals surface area (Å²) in [7, 11) is -3.27. The molecule has 1 saturated heterocycles. The van der Waals surface area contributed by atoms with Crippen LogP contribution >= 0.6 is 0 Å². The normalized spacial score (nSPS) is 18.8. The monoisotopic (exact) mass is 366 g/mol. The number of aromatic amines is 1. The van der Waals surface area contributed by atoms with Crippen molar-refractivity contribution in [2.24, 2.45) is 5.92 Å². The average molecular weight is 366 g/mol. The van der Waals surface area contributed by atoms with Crippen molar-refractivity contribution >= 4 is 33.0 Å². The smallest absolute Gasteiger partial charge is 0.320 e. The number of nitrogens with zero attached hydrogens (tertiary/aromatic N) is 3. The molecule has 0 saturated carbocycles. The average Bonchev–Trinajstić information content (AvgIpc) is 3.14. The van der Waals surface area contributed by atoms with Crippen LogP contribution in [-0.4, -0.2) is 58.6 Å². The van der Waals surface area contributed by atoms with Gasteiger partial charge in [0, 0.05) is 25.3 Å². The zero-order chi connectivity index (χ0) is 18.0. The first kappa shape index (κ1) is 17.6.